The highest BCUT2D eigenvalue weighted by Crippen LogP contribution is 2.43. The molecule has 0 bridgehead atoms. The number of halogens is 1. The fourth-order valence-corrected chi connectivity index (χ4v) is 4.27. The monoisotopic (exact) mass is 398 g/mol. The van der Waals surface area contributed by atoms with E-state index < -0.39 is 5.60 Å². The average Bonchev–Trinajstić information content (AvgIpc) is 2.67. The number of hydrogen-bond donors (Lipinski definition) is 1. The molecule has 2 aliphatic heterocycles. The van der Waals surface area contributed by atoms with Crippen LogP contribution < -0.4 is 10.1 Å². The van der Waals surface area contributed by atoms with Crippen LogP contribution in [0.25, 0.3) is 0 Å². The van der Waals surface area contributed by atoms with Crippen molar-refractivity contribution in [2.45, 2.75) is 38.7 Å². The van der Waals surface area contributed by atoms with Gasteiger partial charge in [-0.15, -0.1) is 0 Å². The second-order valence-electron chi connectivity index (χ2n) is 7.67. The van der Waals surface area contributed by atoms with Gasteiger partial charge in [-0.25, -0.2) is 4.79 Å². The number of nitrogens with zero attached hydrogens (tertiary/aromatic N) is 1. The molecule has 2 aliphatic rings. The zero-order valence-corrected chi connectivity index (χ0v) is 16.8. The first-order valence-corrected chi connectivity index (χ1v) is 9.89. The van der Waals surface area contributed by atoms with Crippen LogP contribution >= 0.6 is 11.6 Å². The number of para-hydroxylation sites is 1. The molecule has 1 fully saturated rings. The fourth-order valence-electron chi connectivity index (χ4n) is 4.12. The molecule has 146 valence electrons. The lowest BCUT2D eigenvalue weighted by Gasteiger charge is -2.44. The topological polar surface area (TPSA) is 58.6 Å². The summed E-state index contributed by atoms with van der Waals surface area (Å²) in [7, 11) is 0. The molecule has 0 atom stereocenters. The van der Waals surface area contributed by atoms with Gasteiger partial charge >= 0.3 is 6.03 Å². The average molecular weight is 399 g/mol. The zero-order chi connectivity index (χ0) is 19.9. The van der Waals surface area contributed by atoms with Crippen molar-refractivity contribution in [1.29, 1.82) is 0 Å². The Balaban J connectivity index is 1.47. The summed E-state index contributed by atoms with van der Waals surface area (Å²) in [5.41, 5.74) is 2.53. The molecule has 1 spiro atoms. The van der Waals surface area contributed by atoms with Crippen molar-refractivity contribution in [3.05, 3.63) is 58.1 Å². The molecule has 5 nitrogen and oxygen atoms in total. The number of likely N-dealkylation sites (tertiary alicyclic amines) is 1. The molecule has 1 saturated heterocycles. The number of amides is 2. The minimum Gasteiger partial charge on any atom is -0.486 e. The molecule has 0 saturated carbocycles. The molecule has 2 aromatic carbocycles. The molecule has 0 aliphatic carbocycles. The third-order valence-electron chi connectivity index (χ3n) is 5.72. The van der Waals surface area contributed by atoms with Gasteiger partial charge in [-0.3, -0.25) is 4.79 Å². The van der Waals surface area contributed by atoms with Crippen molar-refractivity contribution in [1.82, 2.24) is 4.90 Å². The minimum atomic E-state index is -0.541. The Bertz CT molecular complexity index is 935. The summed E-state index contributed by atoms with van der Waals surface area (Å²) in [5.74, 6) is 0.695. The standard InChI is InChI=1S/C22H23ClN2O3/c1-14-12-18-19(15(2)20(14)23)17(26)13-22(28-18)8-10-25(11-9-22)21(27)24-16-6-4-3-5-7-16/h3-7,12H,8-11,13H2,1-2H3,(H,24,27). The number of hydrogen-bond acceptors (Lipinski definition) is 3. The van der Waals surface area contributed by atoms with Gasteiger partial charge in [0.05, 0.1) is 12.0 Å². The van der Waals surface area contributed by atoms with Gasteiger partial charge in [0.25, 0.3) is 0 Å². The molecule has 2 aromatic rings. The SMILES string of the molecule is Cc1cc2c(c(C)c1Cl)C(=O)CC1(CCN(C(=O)Nc3ccccc3)CC1)O2. The molecule has 0 radical (unpaired) electrons. The summed E-state index contributed by atoms with van der Waals surface area (Å²) >= 11 is 6.32. The number of ether oxygens (including phenoxy) is 1. The van der Waals surface area contributed by atoms with Crippen molar-refractivity contribution in [2.24, 2.45) is 0 Å². The number of ketones is 1. The predicted octanol–water partition coefficient (Wildman–Crippen LogP) is 4.99. The highest BCUT2D eigenvalue weighted by molar-refractivity contribution is 6.32. The summed E-state index contributed by atoms with van der Waals surface area (Å²) in [6.07, 6.45) is 1.58. The van der Waals surface area contributed by atoms with Crippen LogP contribution in [0.3, 0.4) is 0 Å². The second kappa shape index (κ2) is 7.13. The van der Waals surface area contributed by atoms with Crippen LogP contribution in [0.1, 0.15) is 40.7 Å². The highest BCUT2D eigenvalue weighted by atomic mass is 35.5. The lowest BCUT2D eigenvalue weighted by molar-refractivity contribution is 0.000265. The maximum absolute atomic E-state index is 12.9. The third-order valence-corrected chi connectivity index (χ3v) is 6.30. The van der Waals surface area contributed by atoms with Gasteiger partial charge in [0.1, 0.15) is 11.4 Å². The Morgan fingerprint density at radius 1 is 1.18 bits per heavy atom. The molecule has 0 unspecified atom stereocenters. The van der Waals surface area contributed by atoms with Crippen molar-refractivity contribution in [2.75, 3.05) is 18.4 Å². The normalized spacial score (nSPS) is 17.8. The Kier molecular flexibility index (Phi) is 4.79. The number of benzene rings is 2. The van der Waals surface area contributed by atoms with Gasteiger partial charge in [-0.05, 0) is 43.2 Å². The zero-order valence-electron chi connectivity index (χ0n) is 16.0. The lowest BCUT2D eigenvalue weighted by Crippen LogP contribution is -2.53. The predicted molar refractivity (Wildman–Crippen MR) is 110 cm³/mol. The van der Waals surface area contributed by atoms with Crippen LogP contribution in [0.4, 0.5) is 10.5 Å². The van der Waals surface area contributed by atoms with Crippen LogP contribution in [0.15, 0.2) is 36.4 Å². The van der Waals surface area contributed by atoms with E-state index in [1.165, 1.54) is 0 Å². The Morgan fingerprint density at radius 3 is 2.54 bits per heavy atom. The summed E-state index contributed by atoms with van der Waals surface area (Å²) in [6, 6.07) is 11.1. The summed E-state index contributed by atoms with van der Waals surface area (Å²) in [5, 5.41) is 3.54. The number of fused-ring (bicyclic) bond motifs is 1. The second-order valence-corrected chi connectivity index (χ2v) is 8.05. The molecule has 4 rings (SSSR count). The van der Waals surface area contributed by atoms with Gasteiger partial charge < -0.3 is 15.0 Å². The number of urea groups is 1. The van der Waals surface area contributed by atoms with E-state index in [9.17, 15) is 9.59 Å². The molecule has 0 aromatic heterocycles. The number of nitrogens with one attached hydrogen (secondary N) is 1. The minimum absolute atomic E-state index is 0.0721. The summed E-state index contributed by atoms with van der Waals surface area (Å²) in [6.45, 7) is 4.88. The molecule has 2 amide bonds. The van der Waals surface area contributed by atoms with E-state index in [2.05, 4.69) is 5.32 Å². The van der Waals surface area contributed by atoms with E-state index in [1.807, 2.05) is 50.2 Å². The quantitative estimate of drug-likeness (QED) is 0.736. The van der Waals surface area contributed by atoms with E-state index in [0.29, 0.717) is 48.7 Å². The first-order valence-electron chi connectivity index (χ1n) is 9.51. The van der Waals surface area contributed by atoms with Gasteiger partial charge in [-0.1, -0.05) is 29.8 Å². The Hall–Kier alpha value is -2.53. The summed E-state index contributed by atoms with van der Waals surface area (Å²) in [4.78, 5) is 27.2. The van der Waals surface area contributed by atoms with Crippen LogP contribution in [0.2, 0.25) is 5.02 Å². The third kappa shape index (κ3) is 3.35. The lowest BCUT2D eigenvalue weighted by atomic mass is 9.81. The van der Waals surface area contributed by atoms with Crippen LogP contribution in [-0.2, 0) is 0 Å². The number of rotatable bonds is 1. The van der Waals surface area contributed by atoms with Crippen molar-refractivity contribution in [3.63, 3.8) is 0 Å². The van der Waals surface area contributed by atoms with Gasteiger partial charge in [0.15, 0.2) is 5.78 Å². The van der Waals surface area contributed by atoms with E-state index >= 15 is 0 Å². The molecule has 2 heterocycles. The number of carbonyl (C=O) groups is 2. The molecular formula is C22H23ClN2O3. The van der Waals surface area contributed by atoms with Gasteiger partial charge in [0.2, 0.25) is 0 Å². The maximum atomic E-state index is 12.9. The molecule has 1 N–H and O–H groups in total. The maximum Gasteiger partial charge on any atom is 0.321 e. The Morgan fingerprint density at radius 2 is 1.86 bits per heavy atom. The number of aryl methyl sites for hydroxylation is 1. The van der Waals surface area contributed by atoms with E-state index in [-0.39, 0.29) is 11.8 Å². The van der Waals surface area contributed by atoms with E-state index in [1.54, 1.807) is 4.90 Å². The Labute approximate surface area is 169 Å². The fraction of sp³-hybridized carbons (Fsp3) is 0.364. The van der Waals surface area contributed by atoms with Crippen LogP contribution in [0, 0.1) is 13.8 Å². The van der Waals surface area contributed by atoms with Gasteiger partial charge in [0, 0.05) is 36.6 Å². The van der Waals surface area contributed by atoms with Gasteiger partial charge in [-0.2, -0.15) is 0 Å². The largest absolute Gasteiger partial charge is 0.486 e. The first-order chi connectivity index (χ1) is 13.4. The molecule has 28 heavy (non-hydrogen) atoms. The highest BCUT2D eigenvalue weighted by Gasteiger charge is 2.44. The number of piperidine rings is 1. The number of carbonyl (C=O) groups excluding carboxylic acids is 2. The van der Waals surface area contributed by atoms with E-state index in [0.717, 1.165) is 16.8 Å². The van der Waals surface area contributed by atoms with Crippen molar-refractivity contribution in [3.8, 4) is 5.75 Å². The first kappa shape index (κ1) is 18.8. The van der Waals surface area contributed by atoms with Crippen LogP contribution in [0.5, 0.6) is 5.75 Å². The number of anilines is 1. The van der Waals surface area contributed by atoms with Crippen LogP contribution in [-0.4, -0.2) is 35.4 Å². The molecular weight excluding hydrogens is 376 g/mol. The number of Topliss-reactive ketones (excluding diaryl/α,β-unsaturated/α-hetero) is 1. The summed E-state index contributed by atoms with van der Waals surface area (Å²) < 4.78 is 6.36. The van der Waals surface area contributed by atoms with Crippen molar-refractivity contribution < 1.29 is 14.3 Å². The van der Waals surface area contributed by atoms with E-state index in [4.69, 9.17) is 16.3 Å². The smallest absolute Gasteiger partial charge is 0.321 e. The molecule has 6 heteroatoms. The van der Waals surface area contributed by atoms with Crippen molar-refractivity contribution >= 4 is 29.1 Å².